The molecule has 2 heterocycles. The van der Waals surface area contributed by atoms with E-state index in [2.05, 4.69) is 17.2 Å². The Morgan fingerprint density at radius 3 is 2.48 bits per heavy atom. The van der Waals surface area contributed by atoms with Crippen molar-refractivity contribution in [3.8, 4) is 11.4 Å². The topological polar surface area (TPSA) is 101 Å². The minimum absolute atomic E-state index is 0.0141. The Kier molecular flexibility index (Phi) is 6.65. The zero-order chi connectivity index (χ0) is 23.4. The molecule has 4 rings (SSSR count). The number of nitrogens with zero attached hydrogens (tertiary/aromatic N) is 2. The second-order valence-electron chi connectivity index (χ2n) is 7.68. The third kappa shape index (κ3) is 4.85. The molecule has 0 fully saturated rings. The molecule has 0 spiro atoms. The number of nitrogens with one attached hydrogen (secondary N) is 1. The van der Waals surface area contributed by atoms with Crippen molar-refractivity contribution in [1.29, 1.82) is 0 Å². The van der Waals surface area contributed by atoms with Gasteiger partial charge < -0.3 is 10.4 Å². The maximum Gasteiger partial charge on any atom is 0.337 e. The van der Waals surface area contributed by atoms with Crippen molar-refractivity contribution in [2.75, 3.05) is 5.32 Å². The van der Waals surface area contributed by atoms with Gasteiger partial charge in [-0.3, -0.25) is 14.2 Å². The number of rotatable bonds is 8. The number of aromatic carboxylic acids is 1. The molecule has 4 aromatic rings. The third-order valence-corrected chi connectivity index (χ3v) is 6.19. The predicted octanol–water partition coefficient (Wildman–Crippen LogP) is 4.80. The molecular weight excluding hydrogens is 438 g/mol. The maximum atomic E-state index is 13.3. The number of hydrogen-bond donors (Lipinski definition) is 2. The number of hydrogen-bond acceptors (Lipinski definition) is 5. The smallest absolute Gasteiger partial charge is 0.337 e. The quantitative estimate of drug-likeness (QED) is 0.392. The van der Waals surface area contributed by atoms with E-state index in [1.807, 2.05) is 42.5 Å². The number of thiophene rings is 1. The van der Waals surface area contributed by atoms with E-state index < -0.39 is 17.4 Å². The molecule has 0 aliphatic carbocycles. The van der Waals surface area contributed by atoms with Crippen LogP contribution in [0, 0.1) is 0 Å². The van der Waals surface area contributed by atoms with Gasteiger partial charge in [0, 0.05) is 16.6 Å². The summed E-state index contributed by atoms with van der Waals surface area (Å²) < 4.78 is 1.24. The molecule has 168 valence electrons. The lowest BCUT2D eigenvalue weighted by molar-refractivity contribution is -0.116. The number of benzene rings is 2. The number of fused-ring (bicyclic) bond motifs is 1. The summed E-state index contributed by atoms with van der Waals surface area (Å²) in [5, 5.41) is 13.7. The van der Waals surface area contributed by atoms with Crippen LogP contribution in [0.2, 0.25) is 0 Å². The molecule has 0 aliphatic heterocycles. The molecule has 0 saturated carbocycles. The molecule has 0 aliphatic rings. The number of unbranched alkanes of at least 4 members (excludes halogenated alkanes) is 1. The molecular formula is C25H23N3O4S. The Hall–Kier alpha value is -3.78. The summed E-state index contributed by atoms with van der Waals surface area (Å²) in [4.78, 5) is 42.7. The van der Waals surface area contributed by atoms with Gasteiger partial charge in [0.2, 0.25) is 5.91 Å². The first-order valence-electron chi connectivity index (χ1n) is 10.7. The fraction of sp³-hybridized carbons (Fsp3) is 0.200. The molecule has 2 N–H and O–H groups in total. The molecule has 0 saturated heterocycles. The van der Waals surface area contributed by atoms with Crippen LogP contribution >= 0.6 is 11.3 Å². The van der Waals surface area contributed by atoms with E-state index in [4.69, 9.17) is 0 Å². The van der Waals surface area contributed by atoms with Gasteiger partial charge in [0.15, 0.2) is 0 Å². The van der Waals surface area contributed by atoms with Crippen molar-refractivity contribution < 1.29 is 14.7 Å². The first-order chi connectivity index (χ1) is 16.0. The number of aryl methyl sites for hydroxylation is 1. The summed E-state index contributed by atoms with van der Waals surface area (Å²) in [6, 6.07) is 16.7. The van der Waals surface area contributed by atoms with Crippen LogP contribution in [-0.4, -0.2) is 26.5 Å². The van der Waals surface area contributed by atoms with Crippen LogP contribution in [0.5, 0.6) is 0 Å². The van der Waals surface area contributed by atoms with Gasteiger partial charge in [0.05, 0.1) is 10.9 Å². The van der Waals surface area contributed by atoms with Crippen molar-refractivity contribution >= 4 is 39.1 Å². The van der Waals surface area contributed by atoms with Gasteiger partial charge in [-0.2, -0.15) is 0 Å². The van der Waals surface area contributed by atoms with E-state index in [-0.39, 0.29) is 17.5 Å². The summed E-state index contributed by atoms with van der Waals surface area (Å²) in [5.41, 5.74) is 1.83. The second-order valence-corrected chi connectivity index (χ2v) is 8.53. The van der Waals surface area contributed by atoms with Gasteiger partial charge >= 0.3 is 5.97 Å². The number of carboxylic acid groups (broad SMARTS) is 1. The van der Waals surface area contributed by atoms with E-state index in [1.165, 1.54) is 15.5 Å². The molecule has 0 atom stereocenters. The van der Waals surface area contributed by atoms with Crippen molar-refractivity contribution in [2.45, 2.75) is 32.7 Å². The van der Waals surface area contributed by atoms with Crippen molar-refractivity contribution in [3.63, 3.8) is 0 Å². The second kappa shape index (κ2) is 9.79. The Morgan fingerprint density at radius 1 is 1.09 bits per heavy atom. The number of aromatic nitrogens is 2. The van der Waals surface area contributed by atoms with Crippen LogP contribution in [0.3, 0.4) is 0 Å². The minimum atomic E-state index is -1.20. The van der Waals surface area contributed by atoms with Gasteiger partial charge in [-0.05, 0) is 30.5 Å². The minimum Gasteiger partial charge on any atom is -0.478 e. The molecule has 1 amide bonds. The predicted molar refractivity (Wildman–Crippen MR) is 130 cm³/mol. The van der Waals surface area contributed by atoms with Gasteiger partial charge in [-0.25, -0.2) is 9.78 Å². The van der Waals surface area contributed by atoms with Gasteiger partial charge in [0.1, 0.15) is 17.2 Å². The zero-order valence-corrected chi connectivity index (χ0v) is 18.9. The fourth-order valence-corrected chi connectivity index (χ4v) is 4.52. The highest BCUT2D eigenvalue weighted by atomic mass is 32.1. The summed E-state index contributed by atoms with van der Waals surface area (Å²) in [6.07, 6.45) is 3.20. The van der Waals surface area contributed by atoms with Crippen LogP contribution in [0.25, 0.3) is 21.6 Å². The standard InChI is InChI=1S/C25H23N3O4S/c1-2-3-7-16-10-12-18(13-11-16)26-20(29)14-28-22(17-8-5-4-6-9-17)27-23-21(24(28)30)19(15-33-23)25(31)32/h4-6,8-13,15H,2-3,7,14H2,1H3,(H,26,29)(H,31,32). The average molecular weight is 462 g/mol. The Labute approximate surface area is 194 Å². The van der Waals surface area contributed by atoms with Gasteiger partial charge in [-0.15, -0.1) is 11.3 Å². The van der Waals surface area contributed by atoms with Gasteiger partial charge in [0.25, 0.3) is 5.56 Å². The lowest BCUT2D eigenvalue weighted by Crippen LogP contribution is -2.30. The highest BCUT2D eigenvalue weighted by Crippen LogP contribution is 2.25. The summed E-state index contributed by atoms with van der Waals surface area (Å²) in [7, 11) is 0. The SMILES string of the molecule is CCCCc1ccc(NC(=O)Cn2c(-c3ccccc3)nc3scc(C(=O)O)c3c2=O)cc1. The lowest BCUT2D eigenvalue weighted by Gasteiger charge is -2.13. The molecule has 0 unspecified atom stereocenters. The van der Waals surface area contributed by atoms with Crippen molar-refractivity contribution in [3.05, 3.63) is 81.5 Å². The Bertz CT molecular complexity index is 1360. The largest absolute Gasteiger partial charge is 0.478 e. The monoisotopic (exact) mass is 461 g/mol. The summed E-state index contributed by atoms with van der Waals surface area (Å²) in [5.74, 6) is -1.28. The van der Waals surface area contributed by atoms with Crippen LogP contribution in [0.4, 0.5) is 5.69 Å². The van der Waals surface area contributed by atoms with E-state index in [0.717, 1.165) is 30.6 Å². The number of carbonyl (C=O) groups excluding carboxylic acids is 1. The van der Waals surface area contributed by atoms with Crippen molar-refractivity contribution in [1.82, 2.24) is 9.55 Å². The molecule has 33 heavy (non-hydrogen) atoms. The maximum absolute atomic E-state index is 13.3. The van der Waals surface area contributed by atoms with E-state index in [9.17, 15) is 19.5 Å². The van der Waals surface area contributed by atoms with Crippen LogP contribution in [0.1, 0.15) is 35.7 Å². The summed E-state index contributed by atoms with van der Waals surface area (Å²) in [6.45, 7) is 1.85. The van der Waals surface area contributed by atoms with E-state index >= 15 is 0 Å². The normalized spacial score (nSPS) is 10.9. The average Bonchev–Trinajstić information content (AvgIpc) is 3.25. The Morgan fingerprint density at radius 2 is 1.82 bits per heavy atom. The highest BCUT2D eigenvalue weighted by Gasteiger charge is 2.21. The van der Waals surface area contributed by atoms with Crippen LogP contribution in [0.15, 0.2) is 64.8 Å². The first-order valence-corrected chi connectivity index (χ1v) is 11.6. The number of anilines is 1. The molecule has 0 bridgehead atoms. The van der Waals surface area contributed by atoms with Crippen LogP contribution in [-0.2, 0) is 17.8 Å². The molecule has 2 aromatic heterocycles. The number of amides is 1. The molecule has 2 aromatic carbocycles. The summed E-state index contributed by atoms with van der Waals surface area (Å²) >= 11 is 1.10. The van der Waals surface area contributed by atoms with Crippen molar-refractivity contribution in [2.24, 2.45) is 0 Å². The van der Waals surface area contributed by atoms with E-state index in [0.29, 0.717) is 21.9 Å². The van der Waals surface area contributed by atoms with Crippen LogP contribution < -0.4 is 10.9 Å². The number of carboxylic acids is 1. The first kappa shape index (κ1) is 22.4. The Balaban J connectivity index is 1.68. The third-order valence-electron chi connectivity index (χ3n) is 5.31. The fourth-order valence-electron chi connectivity index (χ4n) is 3.62. The number of carbonyl (C=O) groups is 2. The zero-order valence-electron chi connectivity index (χ0n) is 18.1. The van der Waals surface area contributed by atoms with E-state index in [1.54, 1.807) is 12.1 Å². The molecule has 0 radical (unpaired) electrons. The highest BCUT2D eigenvalue weighted by molar-refractivity contribution is 7.17. The van der Waals surface area contributed by atoms with Gasteiger partial charge in [-0.1, -0.05) is 55.8 Å². The molecule has 8 heteroatoms. The lowest BCUT2D eigenvalue weighted by atomic mass is 10.1. The molecule has 7 nitrogen and oxygen atoms in total.